The zero-order valence-electron chi connectivity index (χ0n) is 9.83. The van der Waals surface area contributed by atoms with Gasteiger partial charge < -0.3 is 14.6 Å². The van der Waals surface area contributed by atoms with Crippen LogP contribution in [0, 0.1) is 0 Å². The number of aromatic nitrogens is 2. The topological polar surface area (TPSA) is 81.5 Å². The maximum Gasteiger partial charge on any atom is 0.339 e. The molecule has 1 heterocycles. The molecule has 1 N–H and O–H groups in total. The Morgan fingerprint density at radius 1 is 1.42 bits per heavy atom. The van der Waals surface area contributed by atoms with E-state index in [0.29, 0.717) is 0 Å². The summed E-state index contributed by atoms with van der Waals surface area (Å²) >= 11 is 5.86. The maximum atomic E-state index is 11.2. The number of aromatic carboxylic acids is 1. The van der Waals surface area contributed by atoms with Crippen molar-refractivity contribution in [1.29, 1.82) is 0 Å². The van der Waals surface area contributed by atoms with Gasteiger partial charge in [-0.05, 0) is 12.1 Å². The summed E-state index contributed by atoms with van der Waals surface area (Å²) in [7, 11) is 1.41. The van der Waals surface area contributed by atoms with Crippen LogP contribution in [0.15, 0.2) is 30.7 Å². The van der Waals surface area contributed by atoms with Crippen LogP contribution in [0.4, 0.5) is 0 Å². The molecule has 0 saturated heterocycles. The molecule has 0 aliphatic carbocycles. The molecular formula is C12H9ClN2O4. The van der Waals surface area contributed by atoms with Gasteiger partial charge >= 0.3 is 5.97 Å². The smallest absolute Gasteiger partial charge is 0.339 e. The predicted molar refractivity (Wildman–Crippen MR) is 67.1 cm³/mol. The second-order valence-corrected chi connectivity index (χ2v) is 3.83. The molecule has 0 fully saturated rings. The van der Waals surface area contributed by atoms with Crippen LogP contribution < -0.4 is 9.47 Å². The van der Waals surface area contributed by atoms with Crippen molar-refractivity contribution in [2.45, 2.75) is 0 Å². The van der Waals surface area contributed by atoms with Crippen molar-refractivity contribution in [2.24, 2.45) is 0 Å². The summed E-state index contributed by atoms with van der Waals surface area (Å²) in [5.74, 6) is -0.768. The zero-order chi connectivity index (χ0) is 13.8. The lowest BCUT2D eigenvalue weighted by atomic mass is 10.2. The number of hydrogen-bond acceptors (Lipinski definition) is 5. The molecule has 0 atom stereocenters. The largest absolute Gasteiger partial charge is 0.493 e. The highest BCUT2D eigenvalue weighted by atomic mass is 35.5. The molecule has 1 aromatic heterocycles. The van der Waals surface area contributed by atoms with Crippen molar-refractivity contribution >= 4 is 17.6 Å². The first-order chi connectivity index (χ1) is 9.13. The molecule has 1 aromatic carbocycles. The molecule has 0 amide bonds. The van der Waals surface area contributed by atoms with E-state index >= 15 is 0 Å². The Kier molecular flexibility index (Phi) is 3.82. The monoisotopic (exact) mass is 280 g/mol. The number of nitrogens with zero attached hydrogens (tertiary/aromatic N) is 2. The summed E-state index contributed by atoms with van der Waals surface area (Å²) in [6, 6.07) is 4.53. The number of carboxylic acids is 1. The van der Waals surface area contributed by atoms with Crippen molar-refractivity contribution in [1.82, 2.24) is 9.97 Å². The van der Waals surface area contributed by atoms with Crippen LogP contribution in [-0.4, -0.2) is 28.2 Å². The van der Waals surface area contributed by atoms with E-state index in [1.165, 1.54) is 25.7 Å². The highest BCUT2D eigenvalue weighted by molar-refractivity contribution is 6.31. The molecule has 0 aliphatic heterocycles. The van der Waals surface area contributed by atoms with Gasteiger partial charge in [0.15, 0.2) is 11.5 Å². The number of benzene rings is 1. The van der Waals surface area contributed by atoms with Crippen LogP contribution in [0.1, 0.15) is 10.4 Å². The summed E-state index contributed by atoms with van der Waals surface area (Å²) in [5.41, 5.74) is -0.0472. The van der Waals surface area contributed by atoms with E-state index in [9.17, 15) is 4.79 Å². The molecule has 0 saturated carbocycles. The first-order valence-corrected chi connectivity index (χ1v) is 5.55. The van der Waals surface area contributed by atoms with Gasteiger partial charge in [-0.2, -0.15) is 0 Å². The predicted octanol–water partition coefficient (Wildman–Crippen LogP) is 2.63. The van der Waals surface area contributed by atoms with Gasteiger partial charge in [0, 0.05) is 0 Å². The van der Waals surface area contributed by atoms with E-state index < -0.39 is 5.97 Å². The van der Waals surface area contributed by atoms with E-state index in [1.54, 1.807) is 12.1 Å². The standard InChI is InChI=1S/C12H9ClN2O4/c1-18-9-4-2-3-7(12(16)17)10(9)19-11-8(13)5-14-6-15-11/h2-6H,1H3,(H,16,17). The second kappa shape index (κ2) is 5.53. The molecule has 6 nitrogen and oxygen atoms in total. The number of rotatable bonds is 4. The molecule has 0 radical (unpaired) electrons. The fourth-order valence-corrected chi connectivity index (χ4v) is 1.57. The lowest BCUT2D eigenvalue weighted by molar-refractivity contribution is 0.0693. The summed E-state index contributed by atoms with van der Waals surface area (Å²) in [5, 5.41) is 9.30. The van der Waals surface area contributed by atoms with Crippen LogP contribution in [0.2, 0.25) is 5.02 Å². The molecule has 2 rings (SSSR count). The zero-order valence-corrected chi connectivity index (χ0v) is 10.6. The van der Waals surface area contributed by atoms with Crippen molar-refractivity contribution in [2.75, 3.05) is 7.11 Å². The normalized spacial score (nSPS) is 10.0. The average Bonchev–Trinajstić information content (AvgIpc) is 2.41. The minimum atomic E-state index is -1.14. The minimum absolute atomic E-state index is 0.0399. The van der Waals surface area contributed by atoms with E-state index in [0.717, 1.165) is 0 Å². The summed E-state index contributed by atoms with van der Waals surface area (Å²) in [4.78, 5) is 18.7. The van der Waals surface area contributed by atoms with E-state index in [1.807, 2.05) is 0 Å². The Balaban J connectivity index is 2.49. The fourth-order valence-electron chi connectivity index (χ4n) is 1.42. The molecular weight excluding hydrogens is 272 g/mol. The molecule has 0 spiro atoms. The number of halogens is 1. The van der Waals surface area contributed by atoms with Crippen LogP contribution >= 0.6 is 11.6 Å². The highest BCUT2D eigenvalue weighted by Gasteiger charge is 2.18. The lowest BCUT2D eigenvalue weighted by Gasteiger charge is -2.12. The molecule has 2 aromatic rings. The Morgan fingerprint density at radius 3 is 2.84 bits per heavy atom. The Bertz CT molecular complexity index is 618. The van der Waals surface area contributed by atoms with Crippen molar-refractivity contribution in [3.05, 3.63) is 41.3 Å². The van der Waals surface area contributed by atoms with E-state index in [-0.39, 0.29) is 28.0 Å². The van der Waals surface area contributed by atoms with Crippen molar-refractivity contribution < 1.29 is 19.4 Å². The van der Waals surface area contributed by atoms with Gasteiger partial charge in [0.05, 0.1) is 13.3 Å². The summed E-state index contributed by atoms with van der Waals surface area (Å²) in [6.07, 6.45) is 2.59. The second-order valence-electron chi connectivity index (χ2n) is 3.42. The SMILES string of the molecule is COc1cccc(C(=O)O)c1Oc1ncncc1Cl. The van der Waals surface area contributed by atoms with E-state index in [2.05, 4.69) is 9.97 Å². The van der Waals surface area contributed by atoms with Gasteiger partial charge in [-0.25, -0.2) is 14.8 Å². The first kappa shape index (κ1) is 13.1. The number of methoxy groups -OCH3 is 1. The first-order valence-electron chi connectivity index (χ1n) is 5.17. The van der Waals surface area contributed by atoms with Gasteiger partial charge in [0.25, 0.3) is 0 Å². The summed E-state index contributed by atoms with van der Waals surface area (Å²) in [6.45, 7) is 0. The van der Waals surface area contributed by atoms with Gasteiger partial charge in [-0.15, -0.1) is 0 Å². The quantitative estimate of drug-likeness (QED) is 0.927. The molecule has 0 aliphatic rings. The van der Waals surface area contributed by atoms with E-state index in [4.69, 9.17) is 26.2 Å². The summed E-state index contributed by atoms with van der Waals surface area (Å²) < 4.78 is 10.5. The molecule has 0 unspecified atom stereocenters. The molecule has 0 bridgehead atoms. The third kappa shape index (κ3) is 2.74. The Morgan fingerprint density at radius 2 is 2.21 bits per heavy atom. The van der Waals surface area contributed by atoms with Crippen molar-refractivity contribution in [3.8, 4) is 17.4 Å². The lowest BCUT2D eigenvalue weighted by Crippen LogP contribution is -2.02. The van der Waals surface area contributed by atoms with Gasteiger partial charge in [0.1, 0.15) is 16.9 Å². The average molecular weight is 281 g/mol. The molecule has 98 valence electrons. The third-order valence-electron chi connectivity index (χ3n) is 2.26. The fraction of sp³-hybridized carbons (Fsp3) is 0.0833. The molecule has 19 heavy (non-hydrogen) atoms. The maximum absolute atomic E-state index is 11.2. The Labute approximate surface area is 113 Å². The highest BCUT2D eigenvalue weighted by Crippen LogP contribution is 2.36. The Hall–Kier alpha value is -2.34. The minimum Gasteiger partial charge on any atom is -0.493 e. The third-order valence-corrected chi connectivity index (χ3v) is 2.52. The number of ether oxygens (including phenoxy) is 2. The number of hydrogen-bond donors (Lipinski definition) is 1. The number of carbonyl (C=O) groups is 1. The van der Waals surface area contributed by atoms with Gasteiger partial charge in [-0.3, -0.25) is 0 Å². The number of carboxylic acid groups (broad SMARTS) is 1. The molecule has 7 heteroatoms. The number of para-hydroxylation sites is 1. The van der Waals surface area contributed by atoms with Gasteiger partial charge in [0.2, 0.25) is 5.88 Å². The van der Waals surface area contributed by atoms with Crippen LogP contribution in [-0.2, 0) is 0 Å². The van der Waals surface area contributed by atoms with Crippen LogP contribution in [0.3, 0.4) is 0 Å². The van der Waals surface area contributed by atoms with Crippen LogP contribution in [0.25, 0.3) is 0 Å². The van der Waals surface area contributed by atoms with Crippen LogP contribution in [0.5, 0.6) is 17.4 Å². The van der Waals surface area contributed by atoms with Gasteiger partial charge in [-0.1, -0.05) is 17.7 Å². The van der Waals surface area contributed by atoms with Crippen molar-refractivity contribution in [3.63, 3.8) is 0 Å².